The van der Waals surface area contributed by atoms with Crippen molar-refractivity contribution >= 4 is 11.7 Å². The van der Waals surface area contributed by atoms with Gasteiger partial charge < -0.3 is 20.1 Å². The summed E-state index contributed by atoms with van der Waals surface area (Å²) in [5, 5.41) is 11.4. The predicted octanol–water partition coefficient (Wildman–Crippen LogP) is 3.25. The Kier molecular flexibility index (Phi) is 5.87. The third kappa shape index (κ3) is 6.77. The standard InChI is InChI=1S/C15H21F3N2O3/c1-14(2,3)23-11-7-5-10(6-8-11)19-13(22)20(4)9-12(21)15(16,17)18/h5-8,12,21H,9H2,1-4H3,(H,19,22)/t12-/m0/s1. The maximum Gasteiger partial charge on any atom is 0.416 e. The molecule has 1 rings (SSSR count). The highest BCUT2D eigenvalue weighted by atomic mass is 19.4. The maximum atomic E-state index is 12.3. The summed E-state index contributed by atoms with van der Waals surface area (Å²) < 4.78 is 42.4. The molecule has 0 spiro atoms. The van der Waals surface area contributed by atoms with Crippen LogP contribution >= 0.6 is 0 Å². The predicted molar refractivity (Wildman–Crippen MR) is 80.5 cm³/mol. The number of rotatable bonds is 4. The van der Waals surface area contributed by atoms with Crippen molar-refractivity contribution in [1.82, 2.24) is 4.90 Å². The summed E-state index contributed by atoms with van der Waals surface area (Å²) in [6, 6.07) is 5.69. The van der Waals surface area contributed by atoms with E-state index in [2.05, 4.69) is 5.32 Å². The van der Waals surface area contributed by atoms with E-state index in [1.165, 1.54) is 7.05 Å². The van der Waals surface area contributed by atoms with E-state index < -0.39 is 24.9 Å². The van der Waals surface area contributed by atoms with E-state index in [0.717, 1.165) is 4.90 Å². The summed E-state index contributed by atoms with van der Waals surface area (Å²) in [7, 11) is 1.17. The molecule has 1 aromatic carbocycles. The first kappa shape index (κ1) is 19.1. The molecule has 1 atom stereocenters. The number of likely N-dealkylation sites (N-methyl/N-ethyl adjacent to an activating group) is 1. The van der Waals surface area contributed by atoms with Gasteiger partial charge in [-0.15, -0.1) is 0 Å². The summed E-state index contributed by atoms with van der Waals surface area (Å²) in [6.07, 6.45) is -7.35. The average molecular weight is 334 g/mol. The van der Waals surface area contributed by atoms with E-state index in [4.69, 9.17) is 9.84 Å². The van der Waals surface area contributed by atoms with E-state index in [1.54, 1.807) is 24.3 Å². The quantitative estimate of drug-likeness (QED) is 0.888. The fourth-order valence-electron chi connectivity index (χ4n) is 1.62. The molecule has 0 aliphatic rings. The Morgan fingerprint density at radius 3 is 2.22 bits per heavy atom. The van der Waals surface area contributed by atoms with Crippen LogP contribution in [-0.2, 0) is 0 Å². The number of amides is 2. The number of alkyl halides is 3. The van der Waals surface area contributed by atoms with Gasteiger partial charge >= 0.3 is 12.2 Å². The molecule has 2 amide bonds. The molecule has 0 unspecified atom stereocenters. The van der Waals surface area contributed by atoms with Crippen molar-refractivity contribution in [3.63, 3.8) is 0 Å². The minimum absolute atomic E-state index is 0.362. The van der Waals surface area contributed by atoms with Gasteiger partial charge in [0.15, 0.2) is 6.10 Å². The van der Waals surface area contributed by atoms with Crippen molar-refractivity contribution < 1.29 is 27.8 Å². The SMILES string of the molecule is CN(C[C@H](O)C(F)(F)F)C(=O)Nc1ccc(OC(C)(C)C)cc1. The van der Waals surface area contributed by atoms with E-state index >= 15 is 0 Å². The van der Waals surface area contributed by atoms with Crippen LogP contribution in [0.25, 0.3) is 0 Å². The molecule has 0 radical (unpaired) electrons. The minimum Gasteiger partial charge on any atom is -0.488 e. The number of nitrogens with one attached hydrogen (secondary N) is 1. The number of aliphatic hydroxyl groups is 1. The molecule has 130 valence electrons. The largest absolute Gasteiger partial charge is 0.488 e. The van der Waals surface area contributed by atoms with Gasteiger partial charge in [-0.25, -0.2) is 4.79 Å². The highest BCUT2D eigenvalue weighted by Gasteiger charge is 2.39. The van der Waals surface area contributed by atoms with Gasteiger partial charge in [0.2, 0.25) is 0 Å². The molecule has 0 fully saturated rings. The number of halogens is 3. The zero-order valence-corrected chi connectivity index (χ0v) is 13.4. The zero-order chi connectivity index (χ0) is 17.8. The lowest BCUT2D eigenvalue weighted by Crippen LogP contribution is -2.43. The number of ether oxygens (including phenoxy) is 1. The molecule has 1 aromatic rings. The van der Waals surface area contributed by atoms with Gasteiger partial charge in [0.05, 0.1) is 6.54 Å². The number of hydrogen-bond donors (Lipinski definition) is 2. The highest BCUT2D eigenvalue weighted by Crippen LogP contribution is 2.22. The van der Waals surface area contributed by atoms with Crippen molar-refractivity contribution in [1.29, 1.82) is 0 Å². The number of hydrogen-bond acceptors (Lipinski definition) is 3. The summed E-state index contributed by atoms with van der Waals surface area (Å²) in [6.45, 7) is 4.83. The third-order valence-electron chi connectivity index (χ3n) is 2.70. The molecule has 23 heavy (non-hydrogen) atoms. The van der Waals surface area contributed by atoms with Gasteiger partial charge in [0.1, 0.15) is 11.4 Å². The number of urea groups is 1. The fourth-order valence-corrected chi connectivity index (χ4v) is 1.62. The first-order valence-electron chi connectivity index (χ1n) is 6.94. The van der Waals surface area contributed by atoms with Crippen LogP contribution in [0.4, 0.5) is 23.7 Å². The lowest BCUT2D eigenvalue weighted by Gasteiger charge is -2.23. The second-order valence-electron chi connectivity index (χ2n) is 6.11. The van der Waals surface area contributed by atoms with E-state index in [0.29, 0.717) is 11.4 Å². The first-order valence-corrected chi connectivity index (χ1v) is 6.94. The molecule has 0 aromatic heterocycles. The summed E-state index contributed by atoms with van der Waals surface area (Å²) in [4.78, 5) is 12.6. The van der Waals surface area contributed by atoms with Crippen LogP contribution in [0.1, 0.15) is 20.8 Å². The van der Waals surface area contributed by atoms with Crippen molar-refractivity contribution in [2.75, 3.05) is 18.9 Å². The molecule has 2 N–H and O–H groups in total. The number of aliphatic hydroxyl groups excluding tert-OH is 1. The molecule has 0 aliphatic carbocycles. The average Bonchev–Trinajstić information content (AvgIpc) is 2.38. The fraction of sp³-hybridized carbons (Fsp3) is 0.533. The molecule has 0 bridgehead atoms. The third-order valence-corrected chi connectivity index (χ3v) is 2.70. The molecule has 8 heteroatoms. The second-order valence-corrected chi connectivity index (χ2v) is 6.11. The topological polar surface area (TPSA) is 61.8 Å². The van der Waals surface area contributed by atoms with Gasteiger partial charge in [-0.3, -0.25) is 0 Å². The zero-order valence-electron chi connectivity index (χ0n) is 13.4. The molecular weight excluding hydrogens is 313 g/mol. The minimum atomic E-state index is -4.76. The summed E-state index contributed by atoms with van der Waals surface area (Å²) >= 11 is 0. The van der Waals surface area contributed by atoms with Crippen LogP contribution in [0.2, 0.25) is 0 Å². The van der Waals surface area contributed by atoms with Crippen molar-refractivity contribution in [3.8, 4) is 5.75 Å². The highest BCUT2D eigenvalue weighted by molar-refractivity contribution is 5.89. The molecule has 0 aliphatic heterocycles. The molecule has 0 heterocycles. The van der Waals surface area contributed by atoms with Crippen LogP contribution in [0.3, 0.4) is 0 Å². The smallest absolute Gasteiger partial charge is 0.416 e. The first-order chi connectivity index (χ1) is 10.4. The van der Waals surface area contributed by atoms with Crippen LogP contribution in [0.5, 0.6) is 5.75 Å². The normalized spacial score (nSPS) is 13.4. The Balaban J connectivity index is 2.60. The van der Waals surface area contributed by atoms with Gasteiger partial charge in [-0.1, -0.05) is 0 Å². The Hall–Kier alpha value is -1.96. The van der Waals surface area contributed by atoms with Crippen molar-refractivity contribution in [2.45, 2.75) is 38.7 Å². The van der Waals surface area contributed by atoms with E-state index in [9.17, 15) is 18.0 Å². The Labute approximate surface area is 133 Å². The van der Waals surface area contributed by atoms with Crippen molar-refractivity contribution in [2.24, 2.45) is 0 Å². The Morgan fingerprint density at radius 2 is 1.78 bits per heavy atom. The van der Waals surface area contributed by atoms with E-state index in [1.807, 2.05) is 20.8 Å². The number of carbonyl (C=O) groups excluding carboxylic acids is 1. The van der Waals surface area contributed by atoms with Crippen LogP contribution in [-0.4, -0.2) is 47.5 Å². The van der Waals surface area contributed by atoms with Gasteiger partial charge in [0.25, 0.3) is 0 Å². The lowest BCUT2D eigenvalue weighted by molar-refractivity contribution is -0.205. The van der Waals surface area contributed by atoms with Gasteiger partial charge in [0, 0.05) is 12.7 Å². The Morgan fingerprint density at radius 1 is 1.26 bits per heavy atom. The number of anilines is 1. The number of nitrogens with zero attached hydrogens (tertiary/aromatic N) is 1. The molecule has 5 nitrogen and oxygen atoms in total. The van der Waals surface area contributed by atoms with Gasteiger partial charge in [-0.05, 0) is 45.0 Å². The second kappa shape index (κ2) is 7.08. The molecule has 0 saturated carbocycles. The monoisotopic (exact) mass is 334 g/mol. The number of benzene rings is 1. The summed E-state index contributed by atoms with van der Waals surface area (Å²) in [5.41, 5.74) is 0.0447. The maximum absolute atomic E-state index is 12.3. The van der Waals surface area contributed by atoms with E-state index in [-0.39, 0.29) is 5.60 Å². The Bertz CT molecular complexity index is 524. The van der Waals surface area contributed by atoms with Crippen LogP contribution in [0.15, 0.2) is 24.3 Å². The van der Waals surface area contributed by atoms with Crippen LogP contribution in [0, 0.1) is 0 Å². The van der Waals surface area contributed by atoms with Crippen molar-refractivity contribution in [3.05, 3.63) is 24.3 Å². The summed E-state index contributed by atoms with van der Waals surface area (Å²) in [5.74, 6) is 0.608. The lowest BCUT2D eigenvalue weighted by atomic mass is 10.2. The van der Waals surface area contributed by atoms with Crippen LogP contribution < -0.4 is 10.1 Å². The van der Waals surface area contributed by atoms with Gasteiger partial charge in [-0.2, -0.15) is 13.2 Å². The molecular formula is C15H21F3N2O3. The number of carbonyl (C=O) groups is 1. The molecule has 0 saturated heterocycles.